The fourth-order valence-electron chi connectivity index (χ4n) is 6.82. The first-order chi connectivity index (χ1) is 17.5. The summed E-state index contributed by atoms with van der Waals surface area (Å²) in [5, 5.41) is 21.0. The summed E-state index contributed by atoms with van der Waals surface area (Å²) < 4.78 is 2.13. The van der Waals surface area contributed by atoms with E-state index in [0.29, 0.717) is 11.8 Å². The van der Waals surface area contributed by atoms with E-state index in [2.05, 4.69) is 43.6 Å². The third kappa shape index (κ3) is 5.70. The number of nitrogens with zero attached hydrogens (tertiary/aromatic N) is 4. The number of aromatic amines is 1. The zero-order chi connectivity index (χ0) is 25.7. The molecule has 5 heterocycles. The molecular weight excluding hydrogens is 462 g/mol. The minimum Gasteiger partial charge on any atom is -0.483 e. The van der Waals surface area contributed by atoms with Crippen molar-refractivity contribution in [2.24, 2.45) is 17.8 Å². The van der Waals surface area contributed by atoms with E-state index >= 15 is 0 Å². The molecule has 10 nitrogen and oxygen atoms in total. The SMILES string of the molecule is Cc1[nH]ncc1CN1C[C@@H]2C[C@H](C1)c1ccc(CN3C[C@H]4CCC[C@H]4C3)c(=O)n1C2.O=CO.O=CO. The van der Waals surface area contributed by atoms with Gasteiger partial charge in [0.1, 0.15) is 0 Å². The van der Waals surface area contributed by atoms with E-state index in [1.807, 2.05) is 6.20 Å². The van der Waals surface area contributed by atoms with E-state index in [0.717, 1.165) is 55.8 Å². The second kappa shape index (κ2) is 11.8. The van der Waals surface area contributed by atoms with Crippen molar-refractivity contribution in [1.29, 1.82) is 0 Å². The predicted octanol–water partition coefficient (Wildman–Crippen LogP) is 2.13. The highest BCUT2D eigenvalue weighted by molar-refractivity contribution is 5.33. The molecule has 4 atom stereocenters. The first kappa shape index (κ1) is 26.1. The Morgan fingerprint density at radius 2 is 1.61 bits per heavy atom. The fraction of sp³-hybridized carbons (Fsp3) is 0.615. The third-order valence-corrected chi connectivity index (χ3v) is 8.28. The van der Waals surface area contributed by atoms with Crippen molar-refractivity contribution in [1.82, 2.24) is 24.6 Å². The van der Waals surface area contributed by atoms with E-state index < -0.39 is 0 Å². The van der Waals surface area contributed by atoms with Crippen molar-refractivity contribution < 1.29 is 19.8 Å². The molecule has 3 N–H and O–H groups in total. The molecule has 0 unspecified atom stereocenters. The summed E-state index contributed by atoms with van der Waals surface area (Å²) in [6.07, 6.45) is 7.36. The number of carboxylic acid groups (broad SMARTS) is 2. The average molecular weight is 500 g/mol. The van der Waals surface area contributed by atoms with Gasteiger partial charge in [-0.05, 0) is 50.0 Å². The molecule has 1 aliphatic carbocycles. The second-order valence-electron chi connectivity index (χ2n) is 10.6. The van der Waals surface area contributed by atoms with Crippen molar-refractivity contribution in [2.45, 2.75) is 58.2 Å². The second-order valence-corrected chi connectivity index (χ2v) is 10.6. The Morgan fingerprint density at radius 3 is 2.25 bits per heavy atom. The first-order valence-corrected chi connectivity index (χ1v) is 12.8. The van der Waals surface area contributed by atoms with E-state index in [1.54, 1.807) is 0 Å². The molecule has 4 aliphatic rings. The van der Waals surface area contributed by atoms with Gasteiger partial charge in [0.05, 0.1) is 6.20 Å². The molecule has 1 saturated carbocycles. The van der Waals surface area contributed by atoms with Crippen molar-refractivity contribution in [3.63, 3.8) is 0 Å². The topological polar surface area (TPSA) is 132 Å². The molecule has 0 aromatic carbocycles. The molecule has 0 amide bonds. The van der Waals surface area contributed by atoms with Gasteiger partial charge >= 0.3 is 0 Å². The van der Waals surface area contributed by atoms with Crippen LogP contribution in [0.2, 0.25) is 0 Å². The van der Waals surface area contributed by atoms with Gasteiger partial charge in [-0.25, -0.2) is 0 Å². The van der Waals surface area contributed by atoms with Crippen LogP contribution < -0.4 is 5.56 Å². The van der Waals surface area contributed by atoms with E-state index in [9.17, 15) is 4.79 Å². The van der Waals surface area contributed by atoms with Crippen LogP contribution in [-0.4, -0.2) is 73.9 Å². The summed E-state index contributed by atoms with van der Waals surface area (Å²) >= 11 is 0. The number of likely N-dealkylation sites (tertiary alicyclic amines) is 2. The van der Waals surface area contributed by atoms with Gasteiger partial charge in [-0.15, -0.1) is 0 Å². The number of nitrogens with one attached hydrogen (secondary N) is 1. The lowest BCUT2D eigenvalue weighted by Gasteiger charge is -2.43. The molecule has 36 heavy (non-hydrogen) atoms. The molecule has 0 radical (unpaired) electrons. The zero-order valence-corrected chi connectivity index (χ0v) is 20.9. The van der Waals surface area contributed by atoms with E-state index in [-0.39, 0.29) is 18.5 Å². The van der Waals surface area contributed by atoms with Crippen molar-refractivity contribution in [3.05, 3.63) is 51.2 Å². The average Bonchev–Trinajstić information content (AvgIpc) is 3.54. The van der Waals surface area contributed by atoms with Gasteiger partial charge < -0.3 is 14.8 Å². The van der Waals surface area contributed by atoms with Crippen LogP contribution in [0.4, 0.5) is 0 Å². The van der Waals surface area contributed by atoms with E-state index in [4.69, 9.17) is 19.8 Å². The Bertz CT molecular complexity index is 1080. The molecule has 2 bridgehead atoms. The largest absolute Gasteiger partial charge is 0.483 e. The minimum atomic E-state index is -0.250. The summed E-state index contributed by atoms with van der Waals surface area (Å²) in [4.78, 5) is 35.2. The van der Waals surface area contributed by atoms with Gasteiger partial charge in [-0.1, -0.05) is 12.5 Å². The Hall–Kier alpha value is -2.98. The quantitative estimate of drug-likeness (QED) is 0.545. The first-order valence-electron chi connectivity index (χ1n) is 12.8. The van der Waals surface area contributed by atoms with Crippen LogP contribution >= 0.6 is 0 Å². The number of piperidine rings is 1. The smallest absolute Gasteiger partial charge is 0.290 e. The number of fused-ring (bicyclic) bond motifs is 5. The number of H-pyrrole nitrogens is 1. The van der Waals surface area contributed by atoms with Gasteiger partial charge in [0, 0.05) is 74.2 Å². The van der Waals surface area contributed by atoms with Crippen LogP contribution in [0.15, 0.2) is 23.1 Å². The lowest BCUT2D eigenvalue weighted by atomic mass is 9.83. The minimum absolute atomic E-state index is 0.250. The molecule has 2 saturated heterocycles. The number of aromatic nitrogens is 3. The highest BCUT2D eigenvalue weighted by Crippen LogP contribution is 2.39. The van der Waals surface area contributed by atoms with Gasteiger partial charge in [0.2, 0.25) is 0 Å². The maximum Gasteiger partial charge on any atom is 0.290 e. The van der Waals surface area contributed by atoms with Crippen LogP contribution in [-0.2, 0) is 29.2 Å². The number of hydrogen-bond donors (Lipinski definition) is 3. The normalized spacial score (nSPS) is 26.6. The highest BCUT2D eigenvalue weighted by Gasteiger charge is 2.37. The van der Waals surface area contributed by atoms with Crippen LogP contribution in [0.5, 0.6) is 0 Å². The molecule has 10 heteroatoms. The molecule has 3 fully saturated rings. The van der Waals surface area contributed by atoms with Crippen LogP contribution in [0.1, 0.15) is 54.1 Å². The number of carbonyl (C=O) groups is 2. The Balaban J connectivity index is 0.000000464. The van der Waals surface area contributed by atoms with Gasteiger partial charge in [0.15, 0.2) is 0 Å². The summed E-state index contributed by atoms with van der Waals surface area (Å²) in [6.45, 7) is 8.77. The standard InChI is InChI=1S/C24H33N5O.2CH2O2/c1-16-22(8-25-26-16)15-27-9-17-7-21(14-27)23-6-5-20(24(30)29(23)10-17)13-28-11-18-3-2-4-19(18)12-28;2*2-1-3/h5-6,8,17-19,21H,2-4,7,9-15H2,1H3,(H,25,26);2*1H,(H,2,3)/t17-,18-,19+,21+;;/m0../s1. The third-order valence-electron chi connectivity index (χ3n) is 8.28. The van der Waals surface area contributed by atoms with Gasteiger partial charge in [-0.3, -0.25) is 29.3 Å². The Labute approximate surface area is 210 Å². The van der Waals surface area contributed by atoms with Crippen molar-refractivity contribution in [2.75, 3.05) is 26.2 Å². The van der Waals surface area contributed by atoms with Crippen LogP contribution in [0.25, 0.3) is 0 Å². The summed E-state index contributed by atoms with van der Waals surface area (Å²) in [7, 11) is 0. The van der Waals surface area contributed by atoms with Gasteiger partial charge in [-0.2, -0.15) is 5.10 Å². The molecule has 196 valence electrons. The summed E-state index contributed by atoms with van der Waals surface area (Å²) in [6, 6.07) is 4.41. The highest BCUT2D eigenvalue weighted by atomic mass is 16.3. The van der Waals surface area contributed by atoms with Crippen LogP contribution in [0.3, 0.4) is 0 Å². The van der Waals surface area contributed by atoms with Crippen LogP contribution in [0, 0.1) is 24.7 Å². The summed E-state index contributed by atoms with van der Waals surface area (Å²) in [5.74, 6) is 2.81. The fourth-order valence-corrected chi connectivity index (χ4v) is 6.82. The molecular formula is C26H37N5O5. The number of hydrogen-bond acceptors (Lipinski definition) is 6. The lowest BCUT2D eigenvalue weighted by Crippen LogP contribution is -2.47. The maximum atomic E-state index is 13.4. The summed E-state index contributed by atoms with van der Waals surface area (Å²) in [5.41, 5.74) is 4.99. The maximum absolute atomic E-state index is 13.4. The van der Waals surface area contributed by atoms with E-state index in [1.165, 1.54) is 50.0 Å². The monoisotopic (exact) mass is 499 g/mol. The Morgan fingerprint density at radius 1 is 0.972 bits per heavy atom. The molecule has 2 aromatic heterocycles. The molecule has 2 aromatic rings. The molecule has 6 rings (SSSR count). The van der Waals surface area contributed by atoms with Gasteiger partial charge in [0.25, 0.3) is 18.5 Å². The number of aryl methyl sites for hydroxylation is 1. The lowest BCUT2D eigenvalue weighted by molar-refractivity contribution is -0.123. The van der Waals surface area contributed by atoms with Crippen molar-refractivity contribution in [3.8, 4) is 0 Å². The molecule has 0 spiro atoms. The Kier molecular flexibility index (Phi) is 8.58. The van der Waals surface area contributed by atoms with Crippen molar-refractivity contribution >= 4 is 12.9 Å². The number of rotatable bonds is 4. The predicted molar refractivity (Wildman–Crippen MR) is 134 cm³/mol. The number of pyridine rings is 1. The molecule has 3 aliphatic heterocycles. The zero-order valence-electron chi connectivity index (χ0n) is 20.9.